The molecule has 1 unspecified atom stereocenters. The van der Waals surface area contributed by atoms with Crippen LogP contribution in [0.15, 0.2) is 29.3 Å². The van der Waals surface area contributed by atoms with E-state index in [0.29, 0.717) is 6.54 Å². The Balaban J connectivity index is 0.00000392. The summed E-state index contributed by atoms with van der Waals surface area (Å²) in [7, 11) is 0. The smallest absolute Gasteiger partial charge is 0.191 e. The maximum absolute atomic E-state index is 6.08. The molecule has 2 N–H and O–H groups in total. The van der Waals surface area contributed by atoms with Gasteiger partial charge in [-0.3, -0.25) is 9.89 Å². The fourth-order valence-electron chi connectivity index (χ4n) is 3.10. The number of nitrogens with one attached hydrogen (secondary N) is 2. The second-order valence-electron chi connectivity index (χ2n) is 6.56. The third-order valence-electron chi connectivity index (χ3n) is 4.58. The topological polar surface area (TPSA) is 48.9 Å². The van der Waals surface area contributed by atoms with Gasteiger partial charge in [0.1, 0.15) is 0 Å². The zero-order valence-corrected chi connectivity index (χ0v) is 20.9. The van der Waals surface area contributed by atoms with Crippen LogP contribution < -0.4 is 10.6 Å². The summed E-state index contributed by atoms with van der Waals surface area (Å²) < 4.78 is 5.53. The first-order valence-electron chi connectivity index (χ1n) is 9.83. The molecule has 0 aromatic heterocycles. The van der Waals surface area contributed by atoms with Crippen LogP contribution in [0.2, 0.25) is 5.02 Å². The van der Waals surface area contributed by atoms with Crippen molar-refractivity contribution in [2.75, 3.05) is 57.9 Å². The van der Waals surface area contributed by atoms with Gasteiger partial charge in [-0.05, 0) is 49.5 Å². The van der Waals surface area contributed by atoms with E-state index in [1.54, 1.807) is 0 Å². The van der Waals surface area contributed by atoms with Crippen LogP contribution in [-0.2, 0) is 4.74 Å². The first kappa shape index (κ1) is 25.8. The molecule has 1 fully saturated rings. The van der Waals surface area contributed by atoms with E-state index in [1.807, 2.05) is 23.9 Å². The average Bonchev–Trinajstić information content (AvgIpc) is 2.70. The Kier molecular flexibility index (Phi) is 14.4. The van der Waals surface area contributed by atoms with E-state index in [0.717, 1.165) is 56.8 Å². The molecular formula is C20H34ClIN4OS. The molecule has 0 aliphatic carbocycles. The van der Waals surface area contributed by atoms with E-state index < -0.39 is 0 Å². The highest BCUT2D eigenvalue weighted by atomic mass is 127. The van der Waals surface area contributed by atoms with Gasteiger partial charge in [-0.15, -0.1) is 24.0 Å². The molecule has 28 heavy (non-hydrogen) atoms. The molecule has 0 spiro atoms. The molecule has 0 saturated carbocycles. The van der Waals surface area contributed by atoms with Crippen LogP contribution >= 0.6 is 47.3 Å². The number of guanidine groups is 1. The van der Waals surface area contributed by atoms with Crippen molar-refractivity contribution in [1.82, 2.24) is 15.5 Å². The lowest BCUT2D eigenvalue weighted by Gasteiger charge is -2.34. The van der Waals surface area contributed by atoms with Gasteiger partial charge >= 0.3 is 0 Å². The number of rotatable bonds is 10. The number of thioether (sulfide) groups is 1. The minimum atomic E-state index is 0. The average molecular weight is 541 g/mol. The van der Waals surface area contributed by atoms with Gasteiger partial charge in [0, 0.05) is 31.2 Å². The molecule has 5 nitrogen and oxygen atoms in total. The number of aliphatic imine (C=N–C) groups is 1. The molecule has 1 aliphatic heterocycles. The van der Waals surface area contributed by atoms with E-state index in [9.17, 15) is 0 Å². The number of hydrogen-bond donors (Lipinski definition) is 2. The van der Waals surface area contributed by atoms with E-state index in [4.69, 9.17) is 21.3 Å². The normalized spacial score (nSPS) is 16.3. The second-order valence-corrected chi connectivity index (χ2v) is 7.98. The van der Waals surface area contributed by atoms with Crippen LogP contribution in [0, 0.1) is 0 Å². The summed E-state index contributed by atoms with van der Waals surface area (Å²) in [4.78, 5) is 7.34. The molecule has 1 heterocycles. The van der Waals surface area contributed by atoms with Gasteiger partial charge in [0.25, 0.3) is 0 Å². The molecule has 0 amide bonds. The zero-order valence-electron chi connectivity index (χ0n) is 17.0. The predicted octanol–water partition coefficient (Wildman–Crippen LogP) is 4.03. The highest BCUT2D eigenvalue weighted by Gasteiger charge is 2.22. The summed E-state index contributed by atoms with van der Waals surface area (Å²) in [5.74, 6) is 2.11. The zero-order chi connectivity index (χ0) is 19.3. The quantitative estimate of drug-likeness (QED) is 0.203. The summed E-state index contributed by atoms with van der Waals surface area (Å²) in [6.45, 7) is 8.05. The third-order valence-corrected chi connectivity index (χ3v) is 5.52. The maximum Gasteiger partial charge on any atom is 0.191 e. The van der Waals surface area contributed by atoms with Crippen molar-refractivity contribution in [3.63, 3.8) is 0 Å². The standard InChI is InChI=1S/C20H33ClN4OS.HI/c1-3-22-20(23-10-4-5-15-27-2)24-16-19(25-11-13-26-14-12-25)17-6-8-18(21)9-7-17;/h6-9,19H,3-5,10-16H2,1-2H3,(H2,22,23,24);1H. The van der Waals surface area contributed by atoms with Crippen LogP contribution in [0.5, 0.6) is 0 Å². The molecule has 1 aromatic carbocycles. The lowest BCUT2D eigenvalue weighted by atomic mass is 10.0. The Morgan fingerprint density at radius 3 is 2.57 bits per heavy atom. The van der Waals surface area contributed by atoms with Gasteiger partial charge in [-0.2, -0.15) is 11.8 Å². The third kappa shape index (κ3) is 9.52. The molecule has 1 saturated heterocycles. The van der Waals surface area contributed by atoms with Gasteiger partial charge in [0.05, 0.1) is 25.8 Å². The Labute approximate surface area is 196 Å². The Morgan fingerprint density at radius 2 is 1.93 bits per heavy atom. The summed E-state index contributed by atoms with van der Waals surface area (Å²) in [6.07, 6.45) is 4.55. The Hall–Kier alpha value is -0.220. The molecule has 160 valence electrons. The first-order valence-corrected chi connectivity index (χ1v) is 11.6. The number of hydrogen-bond acceptors (Lipinski definition) is 4. The Bertz CT molecular complexity index is 556. The monoisotopic (exact) mass is 540 g/mol. The van der Waals surface area contributed by atoms with Gasteiger partial charge < -0.3 is 15.4 Å². The maximum atomic E-state index is 6.08. The summed E-state index contributed by atoms with van der Waals surface area (Å²) >= 11 is 7.98. The van der Waals surface area contributed by atoms with Crippen molar-refractivity contribution in [2.45, 2.75) is 25.8 Å². The minimum Gasteiger partial charge on any atom is -0.379 e. The Morgan fingerprint density at radius 1 is 1.21 bits per heavy atom. The molecule has 1 aliphatic rings. The van der Waals surface area contributed by atoms with Crippen molar-refractivity contribution >= 4 is 53.3 Å². The molecule has 1 aromatic rings. The van der Waals surface area contributed by atoms with Crippen LogP contribution in [0.4, 0.5) is 0 Å². The molecule has 0 radical (unpaired) electrons. The van der Waals surface area contributed by atoms with E-state index in [1.165, 1.54) is 17.7 Å². The molecule has 1 atom stereocenters. The summed E-state index contributed by atoms with van der Waals surface area (Å²) in [5.41, 5.74) is 1.25. The number of nitrogens with zero attached hydrogens (tertiary/aromatic N) is 2. The number of morpholine rings is 1. The highest BCUT2D eigenvalue weighted by Crippen LogP contribution is 2.24. The lowest BCUT2D eigenvalue weighted by molar-refractivity contribution is 0.0180. The number of ether oxygens (including phenoxy) is 1. The van der Waals surface area contributed by atoms with Crippen LogP contribution in [0.25, 0.3) is 0 Å². The highest BCUT2D eigenvalue weighted by molar-refractivity contribution is 14.0. The van der Waals surface area contributed by atoms with Crippen molar-refractivity contribution in [2.24, 2.45) is 4.99 Å². The van der Waals surface area contributed by atoms with Crippen molar-refractivity contribution in [3.05, 3.63) is 34.9 Å². The molecule has 8 heteroatoms. The van der Waals surface area contributed by atoms with Crippen molar-refractivity contribution in [1.29, 1.82) is 0 Å². The molecule has 0 bridgehead atoms. The van der Waals surface area contributed by atoms with Gasteiger partial charge in [0.15, 0.2) is 5.96 Å². The van der Waals surface area contributed by atoms with Crippen molar-refractivity contribution < 1.29 is 4.74 Å². The van der Waals surface area contributed by atoms with Crippen LogP contribution in [0.1, 0.15) is 31.4 Å². The van der Waals surface area contributed by atoms with Crippen LogP contribution in [-0.4, -0.2) is 68.8 Å². The second kappa shape index (κ2) is 15.6. The number of unbranched alkanes of at least 4 members (excludes halogenated alkanes) is 1. The van der Waals surface area contributed by atoms with Crippen LogP contribution in [0.3, 0.4) is 0 Å². The fourth-order valence-corrected chi connectivity index (χ4v) is 3.72. The summed E-state index contributed by atoms with van der Waals surface area (Å²) in [5, 5.41) is 7.59. The minimum absolute atomic E-state index is 0. The largest absolute Gasteiger partial charge is 0.379 e. The number of benzene rings is 1. The van der Waals surface area contributed by atoms with E-state index >= 15 is 0 Å². The van der Waals surface area contributed by atoms with Gasteiger partial charge in [0.2, 0.25) is 0 Å². The number of halogens is 2. The molecular weight excluding hydrogens is 507 g/mol. The first-order chi connectivity index (χ1) is 13.2. The SMILES string of the molecule is CCNC(=NCC(c1ccc(Cl)cc1)N1CCOCC1)NCCCCSC.I. The molecule has 2 rings (SSSR count). The van der Waals surface area contributed by atoms with E-state index in [2.05, 4.69) is 40.8 Å². The van der Waals surface area contributed by atoms with E-state index in [-0.39, 0.29) is 30.0 Å². The fraction of sp³-hybridized carbons (Fsp3) is 0.650. The van der Waals surface area contributed by atoms with Gasteiger partial charge in [-0.1, -0.05) is 23.7 Å². The van der Waals surface area contributed by atoms with Gasteiger partial charge in [-0.25, -0.2) is 0 Å². The van der Waals surface area contributed by atoms with Crippen molar-refractivity contribution in [3.8, 4) is 0 Å². The predicted molar refractivity (Wildman–Crippen MR) is 134 cm³/mol. The lowest BCUT2D eigenvalue weighted by Crippen LogP contribution is -2.42. The summed E-state index contributed by atoms with van der Waals surface area (Å²) in [6, 6.07) is 8.38.